The Bertz CT molecular complexity index is 1030. The van der Waals surface area contributed by atoms with E-state index < -0.39 is 79.9 Å². The van der Waals surface area contributed by atoms with Crippen LogP contribution < -0.4 is 11.3 Å². The Hall–Kier alpha value is -2.68. The normalized spacial score (nSPS) is 20.9. The number of fused-ring (bicyclic) bond motifs is 1. The smallest absolute Gasteiger partial charge is 0.410 e. The van der Waals surface area contributed by atoms with Crippen molar-refractivity contribution in [2.75, 3.05) is 12.3 Å². The Morgan fingerprint density at radius 2 is 1.53 bits per heavy atom. The van der Waals surface area contributed by atoms with Gasteiger partial charge in [-0.05, 0) is 44.9 Å². The molecule has 0 radical (unpaired) electrons. The van der Waals surface area contributed by atoms with Gasteiger partial charge in [-0.1, -0.05) is 0 Å². The Kier molecular flexibility index (Phi) is 8.81. The fraction of sp³-hybridized carbons (Fsp3) is 0.773. The van der Waals surface area contributed by atoms with E-state index in [1.54, 1.807) is 0 Å². The molecule has 0 unspecified atom stereocenters. The van der Waals surface area contributed by atoms with Gasteiger partial charge in [-0.3, -0.25) is 9.36 Å². The Morgan fingerprint density at radius 3 is 2.03 bits per heavy atom. The van der Waals surface area contributed by atoms with Gasteiger partial charge in [0.05, 0.1) is 18.2 Å². The lowest BCUT2D eigenvalue weighted by molar-refractivity contribution is -0.186. The van der Waals surface area contributed by atoms with Crippen molar-refractivity contribution >= 4 is 12.0 Å². The number of aromatic nitrogens is 2. The summed E-state index contributed by atoms with van der Waals surface area (Å²) in [6.45, 7) is -0.331. The van der Waals surface area contributed by atoms with Crippen molar-refractivity contribution < 1.29 is 49.0 Å². The van der Waals surface area contributed by atoms with Gasteiger partial charge in [0.2, 0.25) is 5.95 Å². The van der Waals surface area contributed by atoms with Crippen LogP contribution in [0.3, 0.4) is 0 Å². The molecule has 0 saturated heterocycles. The molecule has 1 aliphatic heterocycles. The molecular formula is C22H27F9N4O3. The van der Waals surface area contributed by atoms with E-state index in [2.05, 4.69) is 4.98 Å². The highest BCUT2D eigenvalue weighted by Gasteiger charge is 2.42. The van der Waals surface area contributed by atoms with Crippen LogP contribution >= 0.6 is 0 Å². The number of anilines is 1. The first kappa shape index (κ1) is 29.9. The zero-order valence-electron chi connectivity index (χ0n) is 20.1. The summed E-state index contributed by atoms with van der Waals surface area (Å²) in [5.74, 6) is -2.03. The number of nitrogens with zero attached hydrogens (tertiary/aromatic N) is 3. The quantitative estimate of drug-likeness (QED) is 0.449. The average Bonchev–Trinajstić information content (AvgIpc) is 2.78. The molecule has 0 spiro atoms. The Labute approximate surface area is 211 Å². The molecule has 0 bridgehead atoms. The first-order valence-electron chi connectivity index (χ1n) is 12.0. The van der Waals surface area contributed by atoms with Gasteiger partial charge in [0.15, 0.2) is 0 Å². The zero-order valence-corrected chi connectivity index (χ0v) is 20.1. The maximum Gasteiger partial charge on any atom is 0.410 e. The maximum atomic E-state index is 13.1. The van der Waals surface area contributed by atoms with E-state index in [1.807, 2.05) is 0 Å². The summed E-state index contributed by atoms with van der Waals surface area (Å²) >= 11 is 0. The maximum absolute atomic E-state index is 13.1. The van der Waals surface area contributed by atoms with Gasteiger partial charge in [0, 0.05) is 31.0 Å². The third kappa shape index (κ3) is 7.91. The molecule has 1 fully saturated rings. The lowest BCUT2D eigenvalue weighted by Crippen LogP contribution is -2.43. The van der Waals surface area contributed by atoms with E-state index in [0.29, 0.717) is 4.57 Å². The summed E-state index contributed by atoms with van der Waals surface area (Å²) in [4.78, 5) is 30.8. The Balaban J connectivity index is 1.72. The molecule has 1 aromatic rings. The average molecular weight is 566 g/mol. The highest BCUT2D eigenvalue weighted by Crippen LogP contribution is 2.38. The van der Waals surface area contributed by atoms with E-state index in [0.717, 1.165) is 0 Å². The molecule has 1 saturated carbocycles. The van der Waals surface area contributed by atoms with Gasteiger partial charge in [-0.2, -0.15) is 39.5 Å². The van der Waals surface area contributed by atoms with E-state index >= 15 is 0 Å². The van der Waals surface area contributed by atoms with E-state index in [9.17, 15) is 49.1 Å². The fourth-order valence-electron chi connectivity index (χ4n) is 4.82. The van der Waals surface area contributed by atoms with Gasteiger partial charge < -0.3 is 15.4 Å². The van der Waals surface area contributed by atoms with Gasteiger partial charge in [-0.25, -0.2) is 9.78 Å². The summed E-state index contributed by atoms with van der Waals surface area (Å²) < 4.78 is 121. The largest absolute Gasteiger partial charge is 0.446 e. The van der Waals surface area contributed by atoms with Crippen LogP contribution in [-0.4, -0.2) is 51.7 Å². The first-order chi connectivity index (χ1) is 17.4. The number of hydrogen-bond donors (Lipinski definition) is 1. The predicted molar refractivity (Wildman–Crippen MR) is 115 cm³/mol. The molecular weight excluding hydrogens is 539 g/mol. The van der Waals surface area contributed by atoms with E-state index in [-0.39, 0.29) is 56.5 Å². The number of nitrogens with two attached hydrogens (primary N) is 1. The number of rotatable bonds is 6. The third-order valence-electron chi connectivity index (χ3n) is 6.84. The molecule has 3 rings (SSSR count). The van der Waals surface area contributed by atoms with Crippen molar-refractivity contribution in [2.24, 2.45) is 5.92 Å². The summed E-state index contributed by atoms with van der Waals surface area (Å²) in [7, 11) is 0. The lowest BCUT2D eigenvalue weighted by atomic mass is 9.87. The second-order valence-electron chi connectivity index (χ2n) is 9.60. The molecule has 2 aliphatic rings. The van der Waals surface area contributed by atoms with Crippen LogP contribution in [0.15, 0.2) is 4.79 Å². The molecule has 2 N–H and O–H groups in total. The second-order valence-corrected chi connectivity index (χ2v) is 9.60. The SMILES string of the molecule is Nc1nc2c(c(=O)n1C(CCC(F)(F)F)CCC(F)(F)F)CCN(C(=O)O[C@H]1CC[C@H](C(F)(F)F)CC1)C2. The third-order valence-corrected chi connectivity index (χ3v) is 6.84. The van der Waals surface area contributed by atoms with Crippen molar-refractivity contribution in [3.8, 4) is 0 Å². The predicted octanol–water partition coefficient (Wildman–Crippen LogP) is 5.67. The number of ether oxygens (including phenoxy) is 1. The molecule has 1 amide bonds. The van der Waals surface area contributed by atoms with Gasteiger partial charge in [-0.15, -0.1) is 0 Å². The highest BCUT2D eigenvalue weighted by molar-refractivity contribution is 5.68. The van der Waals surface area contributed by atoms with Gasteiger partial charge in [0.1, 0.15) is 6.10 Å². The minimum absolute atomic E-state index is 0.0120. The van der Waals surface area contributed by atoms with Gasteiger partial charge >= 0.3 is 24.6 Å². The van der Waals surface area contributed by atoms with Crippen molar-refractivity contribution in [1.82, 2.24) is 14.5 Å². The van der Waals surface area contributed by atoms with Crippen molar-refractivity contribution in [3.63, 3.8) is 0 Å². The molecule has 38 heavy (non-hydrogen) atoms. The monoisotopic (exact) mass is 566 g/mol. The second kappa shape index (κ2) is 11.2. The fourth-order valence-corrected chi connectivity index (χ4v) is 4.82. The number of carbonyl (C=O) groups is 1. The van der Waals surface area contributed by atoms with E-state index in [4.69, 9.17) is 10.5 Å². The minimum atomic E-state index is -4.66. The molecule has 1 aromatic heterocycles. The number of alkyl halides is 9. The van der Waals surface area contributed by atoms with Crippen molar-refractivity contribution in [2.45, 2.75) is 95.0 Å². The molecule has 1 aliphatic carbocycles. The number of halogens is 9. The summed E-state index contributed by atoms with van der Waals surface area (Å²) in [6, 6.07) is -1.50. The molecule has 0 aromatic carbocycles. The van der Waals surface area contributed by atoms with Crippen LogP contribution in [0.5, 0.6) is 0 Å². The van der Waals surface area contributed by atoms with Crippen LogP contribution in [0.4, 0.5) is 50.3 Å². The summed E-state index contributed by atoms with van der Waals surface area (Å²) in [5.41, 5.74) is 4.97. The minimum Gasteiger partial charge on any atom is -0.446 e. The standard InChI is InChI=1S/C22H27F9N4O3/c23-20(24,25)8-5-13(6-9-21(26,27)28)35-17(36)15-7-10-34(11-16(15)33-18(35)32)19(37)38-14-3-1-12(2-4-14)22(29,30)31/h12-14H,1-11H2,(H2,32,33)/t12-,14-. The molecule has 216 valence electrons. The van der Waals surface area contributed by atoms with Crippen LogP contribution in [0.25, 0.3) is 0 Å². The number of hydrogen-bond acceptors (Lipinski definition) is 5. The summed E-state index contributed by atoms with van der Waals surface area (Å²) in [5, 5.41) is 0. The Morgan fingerprint density at radius 1 is 0.974 bits per heavy atom. The highest BCUT2D eigenvalue weighted by atomic mass is 19.4. The van der Waals surface area contributed by atoms with Crippen LogP contribution in [0, 0.1) is 5.92 Å². The van der Waals surface area contributed by atoms with E-state index in [1.165, 1.54) is 4.90 Å². The number of amides is 1. The molecule has 2 heterocycles. The lowest BCUT2D eigenvalue weighted by Gasteiger charge is -2.33. The first-order valence-corrected chi connectivity index (χ1v) is 12.0. The van der Waals surface area contributed by atoms with Crippen molar-refractivity contribution in [1.29, 1.82) is 0 Å². The topological polar surface area (TPSA) is 90.5 Å². The molecule has 0 atom stereocenters. The van der Waals surface area contributed by atoms with Crippen molar-refractivity contribution in [3.05, 3.63) is 21.6 Å². The number of nitrogen functional groups attached to an aromatic ring is 1. The number of carbonyl (C=O) groups excluding carboxylic acids is 1. The summed E-state index contributed by atoms with van der Waals surface area (Å²) in [6.07, 6.45) is -20.0. The molecule has 7 nitrogen and oxygen atoms in total. The molecule has 16 heteroatoms. The van der Waals surface area contributed by atoms with Crippen LogP contribution in [0.1, 0.15) is 68.7 Å². The van der Waals surface area contributed by atoms with Crippen LogP contribution in [-0.2, 0) is 17.7 Å². The zero-order chi connectivity index (χ0) is 28.5. The van der Waals surface area contributed by atoms with Crippen LogP contribution in [0.2, 0.25) is 0 Å². The van der Waals surface area contributed by atoms with Gasteiger partial charge in [0.25, 0.3) is 5.56 Å².